The molecule has 0 unspecified atom stereocenters. The van der Waals surface area contributed by atoms with E-state index in [0.717, 1.165) is 0 Å². The van der Waals surface area contributed by atoms with Crippen molar-refractivity contribution in [3.8, 4) is 11.5 Å². The molecule has 3 nitrogen and oxygen atoms in total. The molecule has 4 heteroatoms. The Bertz CT molecular complexity index is 492. The van der Waals surface area contributed by atoms with Gasteiger partial charge in [-0.05, 0) is 32.9 Å². The van der Waals surface area contributed by atoms with E-state index in [0.29, 0.717) is 5.69 Å². The molecule has 0 fully saturated rings. The molecule has 0 aromatic carbocycles. The number of nitrogens with zero attached hydrogens (tertiary/aromatic N) is 1. The summed E-state index contributed by atoms with van der Waals surface area (Å²) < 4.78 is 6.78. The first-order valence-electron chi connectivity index (χ1n) is 6.02. The first kappa shape index (κ1) is 14.6. The lowest BCUT2D eigenvalue weighted by molar-refractivity contribution is 0.0536. The Balaban J connectivity index is 2.96. The Labute approximate surface area is 110 Å². The predicted molar refractivity (Wildman–Crippen MR) is 76.3 cm³/mol. The highest BCUT2D eigenvalue weighted by atomic mass is 28.3. The topological polar surface area (TPSA) is 31.2 Å². The molecule has 0 aliphatic carbocycles. The minimum Gasteiger partial charge on any atom is -0.443 e. The summed E-state index contributed by atoms with van der Waals surface area (Å²) in [5.74, 6) is 3.07. The summed E-state index contributed by atoms with van der Waals surface area (Å²) in [6.07, 6.45) is 1.30. The van der Waals surface area contributed by atoms with Gasteiger partial charge in [0, 0.05) is 6.20 Å². The van der Waals surface area contributed by atoms with Gasteiger partial charge in [-0.15, -0.1) is 5.54 Å². The van der Waals surface area contributed by atoms with Gasteiger partial charge in [-0.1, -0.05) is 25.6 Å². The van der Waals surface area contributed by atoms with E-state index in [1.807, 2.05) is 26.8 Å². The van der Waals surface area contributed by atoms with Crippen molar-refractivity contribution in [2.24, 2.45) is 0 Å². The Morgan fingerprint density at radius 3 is 2.44 bits per heavy atom. The van der Waals surface area contributed by atoms with E-state index < -0.39 is 13.7 Å². The first-order chi connectivity index (χ1) is 8.08. The van der Waals surface area contributed by atoms with Crippen LogP contribution in [0.3, 0.4) is 0 Å². The quantitative estimate of drug-likeness (QED) is 0.530. The van der Waals surface area contributed by atoms with Crippen LogP contribution in [0.15, 0.2) is 18.3 Å². The van der Waals surface area contributed by atoms with Crippen LogP contribution in [0.1, 0.15) is 26.5 Å². The van der Waals surface area contributed by atoms with E-state index in [-0.39, 0.29) is 6.09 Å². The van der Waals surface area contributed by atoms with Crippen LogP contribution in [-0.4, -0.2) is 24.3 Å². The fraction of sp³-hybridized carbons (Fsp3) is 0.500. The molecule has 0 aliphatic rings. The van der Waals surface area contributed by atoms with E-state index in [9.17, 15) is 4.79 Å². The molecule has 1 aromatic rings. The Hall–Kier alpha value is -1.47. The molecule has 0 radical (unpaired) electrons. The van der Waals surface area contributed by atoms with E-state index in [4.69, 9.17) is 4.74 Å². The summed E-state index contributed by atoms with van der Waals surface area (Å²) in [5, 5.41) is 0. The van der Waals surface area contributed by atoms with Crippen LogP contribution in [0.5, 0.6) is 0 Å². The van der Waals surface area contributed by atoms with Gasteiger partial charge in [0.1, 0.15) is 19.4 Å². The standard InChI is InChI=1S/C14H21NO2Si/c1-14(2,3)17-13(16)15-10-7-8-12(15)9-11-18(4,5)6/h7-8,10H,1-6H3. The van der Waals surface area contributed by atoms with Crippen molar-refractivity contribution in [2.45, 2.75) is 46.0 Å². The normalized spacial score (nSPS) is 11.7. The molecule has 0 N–H and O–H groups in total. The Morgan fingerprint density at radius 2 is 1.94 bits per heavy atom. The van der Waals surface area contributed by atoms with E-state index in [1.165, 1.54) is 4.57 Å². The van der Waals surface area contributed by atoms with E-state index in [2.05, 4.69) is 31.1 Å². The third-order valence-electron chi connectivity index (χ3n) is 1.90. The van der Waals surface area contributed by atoms with Gasteiger partial charge >= 0.3 is 6.09 Å². The molecular formula is C14H21NO2Si. The van der Waals surface area contributed by atoms with Crippen molar-refractivity contribution < 1.29 is 9.53 Å². The fourth-order valence-electron chi connectivity index (χ4n) is 1.20. The maximum Gasteiger partial charge on any atom is 0.419 e. The molecule has 18 heavy (non-hydrogen) atoms. The highest BCUT2D eigenvalue weighted by Crippen LogP contribution is 2.11. The molecule has 0 bridgehead atoms. The average molecular weight is 263 g/mol. The number of aromatic nitrogens is 1. The molecule has 0 atom stereocenters. The molecule has 98 valence electrons. The maximum atomic E-state index is 12.0. The largest absolute Gasteiger partial charge is 0.443 e. The lowest BCUT2D eigenvalue weighted by atomic mass is 10.2. The minimum absolute atomic E-state index is 0.382. The monoisotopic (exact) mass is 263 g/mol. The summed E-state index contributed by atoms with van der Waals surface area (Å²) in [5.41, 5.74) is 3.43. The van der Waals surface area contributed by atoms with Gasteiger partial charge < -0.3 is 4.74 Å². The van der Waals surface area contributed by atoms with Crippen LogP contribution in [0, 0.1) is 11.5 Å². The number of ether oxygens (including phenoxy) is 1. The van der Waals surface area contributed by atoms with Crippen LogP contribution in [0.4, 0.5) is 4.79 Å². The smallest absolute Gasteiger partial charge is 0.419 e. The zero-order valence-corrected chi connectivity index (χ0v) is 13.0. The molecular weight excluding hydrogens is 242 g/mol. The van der Waals surface area contributed by atoms with Gasteiger partial charge in [-0.3, -0.25) is 0 Å². The number of carbonyl (C=O) groups is 1. The van der Waals surface area contributed by atoms with Crippen LogP contribution in [0.25, 0.3) is 0 Å². The van der Waals surface area contributed by atoms with E-state index >= 15 is 0 Å². The predicted octanol–water partition coefficient (Wildman–Crippen LogP) is 3.50. The maximum absolute atomic E-state index is 12.0. The van der Waals surface area contributed by atoms with Crippen LogP contribution >= 0.6 is 0 Å². The van der Waals surface area contributed by atoms with Gasteiger partial charge in [0.25, 0.3) is 0 Å². The number of hydrogen-bond acceptors (Lipinski definition) is 2. The molecule has 1 heterocycles. The third kappa shape index (κ3) is 4.80. The zero-order chi connectivity index (χ0) is 14.0. The van der Waals surface area contributed by atoms with E-state index in [1.54, 1.807) is 12.3 Å². The lowest BCUT2D eigenvalue weighted by Gasteiger charge is -2.19. The second-order valence-corrected chi connectivity index (χ2v) is 11.0. The molecule has 0 aliphatic heterocycles. The van der Waals surface area contributed by atoms with Gasteiger partial charge in [-0.2, -0.15) is 0 Å². The number of rotatable bonds is 0. The number of carbonyl (C=O) groups excluding carboxylic acids is 1. The SMILES string of the molecule is CC(C)(C)OC(=O)n1cccc1C#C[Si](C)(C)C. The van der Waals surface area contributed by atoms with Crippen molar-refractivity contribution in [1.29, 1.82) is 0 Å². The van der Waals surface area contributed by atoms with Crippen molar-refractivity contribution in [1.82, 2.24) is 4.57 Å². The summed E-state index contributed by atoms with van der Waals surface area (Å²) in [4.78, 5) is 12.0. The number of hydrogen-bond donors (Lipinski definition) is 0. The second-order valence-electron chi connectivity index (χ2n) is 6.24. The highest BCUT2D eigenvalue weighted by molar-refractivity contribution is 6.83. The van der Waals surface area contributed by atoms with Crippen molar-refractivity contribution in [2.75, 3.05) is 0 Å². The van der Waals surface area contributed by atoms with Crippen LogP contribution < -0.4 is 0 Å². The van der Waals surface area contributed by atoms with Gasteiger partial charge in [0.15, 0.2) is 0 Å². The molecule has 1 aromatic heterocycles. The summed E-state index contributed by atoms with van der Waals surface area (Å²) in [7, 11) is -1.44. The van der Waals surface area contributed by atoms with Crippen molar-refractivity contribution in [3.63, 3.8) is 0 Å². The molecule has 0 amide bonds. The molecule has 0 saturated carbocycles. The Morgan fingerprint density at radius 1 is 1.33 bits per heavy atom. The van der Waals surface area contributed by atoms with Gasteiger partial charge in [0.2, 0.25) is 0 Å². The Kier molecular flexibility index (Phi) is 4.08. The summed E-state index contributed by atoms with van der Waals surface area (Å²) in [6.45, 7) is 12.0. The second kappa shape index (κ2) is 5.03. The van der Waals surface area contributed by atoms with Crippen LogP contribution in [0.2, 0.25) is 19.6 Å². The zero-order valence-electron chi connectivity index (χ0n) is 12.0. The van der Waals surface area contributed by atoms with Crippen molar-refractivity contribution in [3.05, 3.63) is 24.0 Å². The fourth-order valence-corrected chi connectivity index (χ4v) is 1.71. The summed E-state index contributed by atoms with van der Waals surface area (Å²) >= 11 is 0. The first-order valence-corrected chi connectivity index (χ1v) is 9.52. The van der Waals surface area contributed by atoms with Crippen molar-refractivity contribution >= 4 is 14.2 Å². The summed E-state index contributed by atoms with van der Waals surface area (Å²) in [6, 6.07) is 3.63. The lowest BCUT2D eigenvalue weighted by Crippen LogP contribution is -2.27. The molecule has 0 saturated heterocycles. The minimum atomic E-state index is -1.44. The van der Waals surface area contributed by atoms with Gasteiger partial charge in [-0.25, -0.2) is 9.36 Å². The third-order valence-corrected chi connectivity index (χ3v) is 2.78. The molecule has 1 rings (SSSR count). The van der Waals surface area contributed by atoms with Gasteiger partial charge in [0.05, 0.1) is 0 Å². The average Bonchev–Trinajstić information content (AvgIpc) is 2.58. The van der Waals surface area contributed by atoms with Crippen LogP contribution in [-0.2, 0) is 4.74 Å². The highest BCUT2D eigenvalue weighted by Gasteiger charge is 2.18. The molecule has 0 spiro atoms.